The number of aliphatic hydroxyl groups is 1. The molecule has 1 aliphatic heterocycles. The van der Waals surface area contributed by atoms with Crippen molar-refractivity contribution in [3.8, 4) is 28.4 Å². The molecule has 0 aliphatic carbocycles. The quantitative estimate of drug-likeness (QED) is 0.472. The molecule has 3 heterocycles. The van der Waals surface area contributed by atoms with Gasteiger partial charge in [0.15, 0.2) is 5.82 Å². The average molecular weight is 436 g/mol. The lowest BCUT2D eigenvalue weighted by Crippen LogP contribution is -2.29. The van der Waals surface area contributed by atoms with Gasteiger partial charge in [0.2, 0.25) is 0 Å². The Morgan fingerprint density at radius 3 is 2.78 bits per heavy atom. The van der Waals surface area contributed by atoms with Gasteiger partial charge >= 0.3 is 0 Å². The van der Waals surface area contributed by atoms with Gasteiger partial charge in [-0.05, 0) is 44.7 Å². The van der Waals surface area contributed by atoms with E-state index in [0.717, 1.165) is 41.2 Å². The van der Waals surface area contributed by atoms with Gasteiger partial charge in [0, 0.05) is 42.2 Å². The highest BCUT2D eigenvalue weighted by Crippen LogP contribution is 2.30. The van der Waals surface area contributed by atoms with Gasteiger partial charge in [-0.15, -0.1) is 0 Å². The first-order chi connectivity index (χ1) is 15.6. The number of anilines is 1. The summed E-state index contributed by atoms with van der Waals surface area (Å²) in [6.45, 7) is 4.12. The van der Waals surface area contributed by atoms with Crippen molar-refractivity contribution < 1.29 is 14.6 Å². The maximum absolute atomic E-state index is 9.93. The summed E-state index contributed by atoms with van der Waals surface area (Å²) in [5.74, 6) is 2.06. The van der Waals surface area contributed by atoms with Crippen LogP contribution in [0.2, 0.25) is 0 Å². The molecule has 1 saturated heterocycles. The Labute approximate surface area is 188 Å². The zero-order valence-corrected chi connectivity index (χ0v) is 18.4. The number of likely N-dealkylation sites (N-methyl/N-ethyl adjacent to an activating group) is 1. The third kappa shape index (κ3) is 5.40. The first kappa shape index (κ1) is 22.1. The molecule has 1 fully saturated rings. The predicted octanol–water partition coefficient (Wildman–Crippen LogP) is 2.67. The lowest BCUT2D eigenvalue weighted by Gasteiger charge is -2.18. The number of pyridine rings is 1. The summed E-state index contributed by atoms with van der Waals surface area (Å²) in [5, 5.41) is 16.4. The van der Waals surface area contributed by atoms with Crippen LogP contribution in [-0.4, -0.2) is 65.6 Å². The summed E-state index contributed by atoms with van der Waals surface area (Å²) < 4.78 is 11.3. The largest absolute Gasteiger partial charge is 0.491 e. The van der Waals surface area contributed by atoms with Crippen LogP contribution in [0.1, 0.15) is 12.0 Å². The van der Waals surface area contributed by atoms with Gasteiger partial charge in [-0.2, -0.15) is 0 Å². The molecule has 0 radical (unpaired) electrons. The highest BCUT2D eigenvalue weighted by Gasteiger charge is 2.20. The highest BCUT2D eigenvalue weighted by molar-refractivity contribution is 5.72. The van der Waals surface area contributed by atoms with Gasteiger partial charge in [-0.3, -0.25) is 4.98 Å². The predicted molar refractivity (Wildman–Crippen MR) is 124 cm³/mol. The fourth-order valence-electron chi connectivity index (χ4n) is 3.63. The van der Waals surface area contributed by atoms with Crippen molar-refractivity contribution in [3.63, 3.8) is 0 Å². The van der Waals surface area contributed by atoms with E-state index >= 15 is 0 Å². The van der Waals surface area contributed by atoms with Crippen LogP contribution < -0.4 is 15.4 Å². The molecule has 2 atom stereocenters. The van der Waals surface area contributed by atoms with Crippen LogP contribution in [0.25, 0.3) is 22.6 Å². The zero-order chi connectivity index (χ0) is 22.3. The van der Waals surface area contributed by atoms with Gasteiger partial charge < -0.3 is 25.2 Å². The SMILES string of the molecule is CNCC(O)COc1cccc(-c2nc(N[C@H]3CCOC3)c(C)c(-c3ccncc3)n2)c1. The van der Waals surface area contributed by atoms with E-state index in [2.05, 4.69) is 15.6 Å². The summed E-state index contributed by atoms with van der Waals surface area (Å²) in [6, 6.07) is 11.8. The van der Waals surface area contributed by atoms with Crippen molar-refractivity contribution in [1.29, 1.82) is 0 Å². The van der Waals surface area contributed by atoms with E-state index in [1.54, 1.807) is 19.4 Å². The highest BCUT2D eigenvalue weighted by atomic mass is 16.5. The van der Waals surface area contributed by atoms with E-state index in [-0.39, 0.29) is 12.6 Å². The van der Waals surface area contributed by atoms with Crippen LogP contribution in [0.15, 0.2) is 48.8 Å². The Bertz CT molecular complexity index is 1030. The minimum Gasteiger partial charge on any atom is -0.491 e. The molecule has 32 heavy (non-hydrogen) atoms. The normalized spacial score (nSPS) is 16.7. The van der Waals surface area contributed by atoms with Crippen LogP contribution in [0, 0.1) is 6.92 Å². The van der Waals surface area contributed by atoms with E-state index in [1.165, 1.54) is 0 Å². The Balaban J connectivity index is 1.67. The zero-order valence-electron chi connectivity index (χ0n) is 18.4. The number of aromatic nitrogens is 3. The average Bonchev–Trinajstić information content (AvgIpc) is 3.33. The number of hydrogen-bond acceptors (Lipinski definition) is 8. The number of ether oxygens (including phenoxy) is 2. The second-order valence-electron chi connectivity index (χ2n) is 7.86. The van der Waals surface area contributed by atoms with Crippen LogP contribution in [0.4, 0.5) is 5.82 Å². The Kier molecular flexibility index (Phi) is 7.26. The second-order valence-corrected chi connectivity index (χ2v) is 7.86. The molecule has 168 valence electrons. The molecule has 8 nitrogen and oxygen atoms in total. The molecule has 0 saturated carbocycles. The Morgan fingerprint density at radius 1 is 1.19 bits per heavy atom. The van der Waals surface area contributed by atoms with E-state index in [9.17, 15) is 5.11 Å². The topological polar surface area (TPSA) is 101 Å². The van der Waals surface area contributed by atoms with Gasteiger partial charge in [-0.25, -0.2) is 9.97 Å². The molecule has 1 aromatic carbocycles. The van der Waals surface area contributed by atoms with E-state index in [1.807, 2.05) is 43.3 Å². The van der Waals surface area contributed by atoms with Crippen LogP contribution in [-0.2, 0) is 4.74 Å². The van der Waals surface area contributed by atoms with Crippen molar-refractivity contribution in [2.24, 2.45) is 0 Å². The summed E-state index contributed by atoms with van der Waals surface area (Å²) in [7, 11) is 1.79. The molecular formula is C24H29N5O3. The summed E-state index contributed by atoms with van der Waals surface area (Å²) >= 11 is 0. The van der Waals surface area contributed by atoms with E-state index < -0.39 is 6.10 Å². The lowest BCUT2D eigenvalue weighted by molar-refractivity contribution is 0.108. The van der Waals surface area contributed by atoms with Crippen molar-refractivity contribution in [3.05, 3.63) is 54.4 Å². The molecule has 0 amide bonds. The van der Waals surface area contributed by atoms with Crippen molar-refractivity contribution in [2.45, 2.75) is 25.5 Å². The van der Waals surface area contributed by atoms with Crippen LogP contribution in [0.3, 0.4) is 0 Å². The minimum atomic E-state index is -0.581. The Morgan fingerprint density at radius 2 is 2.03 bits per heavy atom. The summed E-state index contributed by atoms with van der Waals surface area (Å²) in [6.07, 6.45) is 3.89. The van der Waals surface area contributed by atoms with E-state index in [4.69, 9.17) is 19.4 Å². The van der Waals surface area contributed by atoms with E-state index in [0.29, 0.717) is 24.7 Å². The monoisotopic (exact) mass is 435 g/mol. The van der Waals surface area contributed by atoms with Crippen LogP contribution >= 0.6 is 0 Å². The standard InChI is InChI=1S/C24H29N5O3/c1-16-22(17-6-9-26-10-7-17)28-24(29-23(16)27-19-8-11-31-14-19)18-4-3-5-21(12-18)32-15-20(30)13-25-2/h3-7,9-10,12,19-20,25,30H,8,11,13-15H2,1-2H3,(H,27,28,29)/t19-,20?/m0/s1. The number of aliphatic hydroxyl groups excluding tert-OH is 1. The van der Waals surface area contributed by atoms with Crippen molar-refractivity contribution in [2.75, 3.05) is 38.7 Å². The minimum absolute atomic E-state index is 0.204. The molecule has 3 N–H and O–H groups in total. The third-order valence-corrected chi connectivity index (χ3v) is 5.34. The Hall–Kier alpha value is -3.07. The fourth-order valence-corrected chi connectivity index (χ4v) is 3.63. The third-order valence-electron chi connectivity index (χ3n) is 5.34. The number of rotatable bonds is 9. The molecule has 0 spiro atoms. The summed E-state index contributed by atoms with van der Waals surface area (Å²) in [5.41, 5.74) is 3.66. The van der Waals surface area contributed by atoms with Gasteiger partial charge in [0.25, 0.3) is 0 Å². The molecule has 0 bridgehead atoms. The number of nitrogens with one attached hydrogen (secondary N) is 2. The van der Waals surface area contributed by atoms with Crippen molar-refractivity contribution >= 4 is 5.82 Å². The maximum Gasteiger partial charge on any atom is 0.162 e. The molecular weight excluding hydrogens is 406 g/mol. The van der Waals surface area contributed by atoms with Gasteiger partial charge in [-0.1, -0.05) is 12.1 Å². The molecule has 1 aliphatic rings. The number of hydrogen-bond donors (Lipinski definition) is 3. The fraction of sp³-hybridized carbons (Fsp3) is 0.375. The van der Waals surface area contributed by atoms with Gasteiger partial charge in [0.05, 0.1) is 18.3 Å². The molecule has 1 unspecified atom stereocenters. The second kappa shape index (κ2) is 10.5. The summed E-state index contributed by atoms with van der Waals surface area (Å²) in [4.78, 5) is 13.9. The molecule has 8 heteroatoms. The maximum atomic E-state index is 9.93. The van der Waals surface area contributed by atoms with Gasteiger partial charge in [0.1, 0.15) is 24.3 Å². The lowest BCUT2D eigenvalue weighted by atomic mass is 10.1. The van der Waals surface area contributed by atoms with Crippen molar-refractivity contribution in [1.82, 2.24) is 20.3 Å². The first-order valence-corrected chi connectivity index (χ1v) is 10.8. The molecule has 2 aromatic heterocycles. The number of nitrogens with zero attached hydrogens (tertiary/aromatic N) is 3. The molecule has 4 rings (SSSR count). The first-order valence-electron chi connectivity index (χ1n) is 10.8. The van der Waals surface area contributed by atoms with Crippen LogP contribution in [0.5, 0.6) is 5.75 Å². The molecule has 3 aromatic rings. The smallest absolute Gasteiger partial charge is 0.162 e. The number of benzene rings is 1.